The number of nitrogens with one attached hydrogen (secondary N) is 1. The number of carbonyl (C=O) groups is 1. The molecule has 0 aliphatic carbocycles. The molecule has 1 aliphatic rings. The quantitative estimate of drug-likeness (QED) is 0.768. The van der Waals surface area contributed by atoms with Gasteiger partial charge in [-0.2, -0.15) is 5.26 Å². The van der Waals surface area contributed by atoms with Crippen LogP contribution in [0.25, 0.3) is 0 Å². The van der Waals surface area contributed by atoms with Crippen LogP contribution in [0.3, 0.4) is 0 Å². The number of hydrogen-bond donors (Lipinski definition) is 2. The van der Waals surface area contributed by atoms with Crippen molar-refractivity contribution in [3.63, 3.8) is 0 Å². The molecule has 0 aromatic heterocycles. The van der Waals surface area contributed by atoms with E-state index in [9.17, 15) is 9.90 Å². The highest BCUT2D eigenvalue weighted by Crippen LogP contribution is 2.22. The largest absolute Gasteiger partial charge is 0.444 e. The molecule has 0 aromatic carbocycles. The minimum Gasteiger partial charge on any atom is -0.444 e. The van der Waals surface area contributed by atoms with Crippen LogP contribution in [-0.2, 0) is 4.74 Å². The van der Waals surface area contributed by atoms with E-state index in [0.29, 0.717) is 32.5 Å². The van der Waals surface area contributed by atoms with Crippen LogP contribution in [0.1, 0.15) is 40.5 Å². The highest BCUT2D eigenvalue weighted by molar-refractivity contribution is 5.68. The molecule has 1 saturated heterocycles. The Morgan fingerprint density at radius 2 is 2.19 bits per heavy atom. The topological polar surface area (TPSA) is 85.6 Å². The van der Waals surface area contributed by atoms with Crippen molar-refractivity contribution in [2.75, 3.05) is 19.6 Å². The molecule has 1 rings (SSSR count). The lowest BCUT2D eigenvalue weighted by atomic mass is 9.88. The molecule has 0 spiro atoms. The lowest BCUT2D eigenvalue weighted by molar-refractivity contribution is 0.0267. The van der Waals surface area contributed by atoms with E-state index >= 15 is 0 Å². The van der Waals surface area contributed by atoms with Crippen LogP contribution >= 0.6 is 0 Å². The highest BCUT2D eigenvalue weighted by Gasteiger charge is 2.32. The van der Waals surface area contributed by atoms with Gasteiger partial charge in [-0.05, 0) is 39.5 Å². The number of ether oxygens (including phenoxy) is 1. The number of aliphatic hydroxyl groups is 1. The number of amides is 1. The zero-order chi connectivity index (χ0) is 16.0. The van der Waals surface area contributed by atoms with Crippen molar-refractivity contribution in [1.82, 2.24) is 10.2 Å². The number of alkyl carbamates (subject to hydrolysis) is 1. The molecule has 1 amide bonds. The van der Waals surface area contributed by atoms with Crippen LogP contribution < -0.4 is 5.32 Å². The second-order valence-corrected chi connectivity index (χ2v) is 6.67. The summed E-state index contributed by atoms with van der Waals surface area (Å²) in [5, 5.41) is 21.8. The van der Waals surface area contributed by atoms with Crippen molar-refractivity contribution >= 4 is 6.09 Å². The molecule has 6 nitrogen and oxygen atoms in total. The van der Waals surface area contributed by atoms with E-state index in [1.807, 2.05) is 32.6 Å². The second-order valence-electron chi connectivity index (χ2n) is 6.67. The molecule has 0 radical (unpaired) electrons. The van der Waals surface area contributed by atoms with Crippen molar-refractivity contribution in [3.05, 3.63) is 0 Å². The van der Waals surface area contributed by atoms with Gasteiger partial charge in [0.2, 0.25) is 0 Å². The number of nitrogens with zero attached hydrogens (tertiary/aromatic N) is 2. The van der Waals surface area contributed by atoms with E-state index in [-0.39, 0.29) is 12.0 Å². The van der Waals surface area contributed by atoms with E-state index in [0.717, 1.165) is 0 Å². The monoisotopic (exact) mass is 297 g/mol. The number of nitriles is 1. The summed E-state index contributed by atoms with van der Waals surface area (Å²) in [5.74, 6) is 0.0667. The number of rotatable bonds is 4. The van der Waals surface area contributed by atoms with Crippen LogP contribution in [0.4, 0.5) is 4.79 Å². The summed E-state index contributed by atoms with van der Waals surface area (Å²) in [6, 6.07) is 2.02. The van der Waals surface area contributed by atoms with E-state index < -0.39 is 17.8 Å². The SMILES string of the molecule is CCC(O)C1CC(NC(=O)OC(C)(C)C)CN(CC#N)C1. The molecule has 1 fully saturated rings. The van der Waals surface area contributed by atoms with Crippen molar-refractivity contribution in [2.45, 2.75) is 58.3 Å². The van der Waals surface area contributed by atoms with E-state index in [4.69, 9.17) is 10.00 Å². The third-order valence-electron chi connectivity index (χ3n) is 3.54. The van der Waals surface area contributed by atoms with Gasteiger partial charge in [-0.25, -0.2) is 4.79 Å². The van der Waals surface area contributed by atoms with Gasteiger partial charge in [0.05, 0.1) is 18.7 Å². The first-order valence-electron chi connectivity index (χ1n) is 7.52. The molecule has 21 heavy (non-hydrogen) atoms. The molecular weight excluding hydrogens is 270 g/mol. The zero-order valence-electron chi connectivity index (χ0n) is 13.4. The number of carbonyl (C=O) groups excluding carboxylic acids is 1. The minimum absolute atomic E-state index is 0.0667. The Morgan fingerprint density at radius 3 is 2.71 bits per heavy atom. The Hall–Kier alpha value is -1.32. The zero-order valence-corrected chi connectivity index (χ0v) is 13.4. The fourth-order valence-electron chi connectivity index (χ4n) is 2.65. The standard InChI is InChI=1S/C15H27N3O3/c1-5-13(19)11-8-12(10-18(9-11)7-6-16)17-14(20)21-15(2,3)4/h11-13,19H,5,7-10H2,1-4H3,(H,17,20). The number of likely N-dealkylation sites (tertiary alicyclic amines) is 1. The van der Waals surface area contributed by atoms with Crippen LogP contribution in [0.15, 0.2) is 0 Å². The summed E-state index contributed by atoms with van der Waals surface area (Å²) in [6.45, 7) is 9.00. The van der Waals surface area contributed by atoms with E-state index in [1.165, 1.54) is 0 Å². The lowest BCUT2D eigenvalue weighted by Crippen LogP contribution is -2.53. The van der Waals surface area contributed by atoms with Crippen molar-refractivity contribution < 1.29 is 14.6 Å². The maximum atomic E-state index is 11.9. The lowest BCUT2D eigenvalue weighted by Gasteiger charge is -2.38. The van der Waals surface area contributed by atoms with Gasteiger partial charge in [-0.3, -0.25) is 4.90 Å². The molecule has 120 valence electrons. The van der Waals surface area contributed by atoms with Crippen LogP contribution in [0.5, 0.6) is 0 Å². The first-order chi connectivity index (χ1) is 9.75. The summed E-state index contributed by atoms with van der Waals surface area (Å²) < 4.78 is 5.26. The van der Waals surface area contributed by atoms with Crippen molar-refractivity contribution in [2.24, 2.45) is 5.92 Å². The Kier molecular flexibility index (Phi) is 6.43. The third kappa shape index (κ3) is 6.32. The van der Waals surface area contributed by atoms with Crippen LogP contribution in [0, 0.1) is 17.2 Å². The molecule has 1 aliphatic heterocycles. The number of aliphatic hydroxyl groups excluding tert-OH is 1. The van der Waals surface area contributed by atoms with Crippen LogP contribution in [-0.4, -0.2) is 53.5 Å². The minimum atomic E-state index is -0.534. The first kappa shape index (κ1) is 17.7. The molecule has 0 saturated carbocycles. The van der Waals surface area contributed by atoms with Gasteiger partial charge < -0.3 is 15.2 Å². The third-order valence-corrected chi connectivity index (χ3v) is 3.54. The van der Waals surface area contributed by atoms with Gasteiger partial charge >= 0.3 is 6.09 Å². The average molecular weight is 297 g/mol. The molecule has 0 bridgehead atoms. The molecule has 3 unspecified atom stereocenters. The second kappa shape index (κ2) is 7.62. The fourth-order valence-corrected chi connectivity index (χ4v) is 2.65. The van der Waals surface area contributed by atoms with Crippen LogP contribution in [0.2, 0.25) is 0 Å². The predicted octanol–water partition coefficient (Wildman–Crippen LogP) is 1.50. The Balaban J connectivity index is 2.63. The first-order valence-corrected chi connectivity index (χ1v) is 7.52. The van der Waals surface area contributed by atoms with Gasteiger partial charge in [0, 0.05) is 19.1 Å². The van der Waals surface area contributed by atoms with Gasteiger partial charge in [0.15, 0.2) is 0 Å². The number of piperidine rings is 1. The summed E-state index contributed by atoms with van der Waals surface area (Å²) in [7, 11) is 0. The van der Waals surface area contributed by atoms with Gasteiger partial charge in [0.25, 0.3) is 0 Å². The summed E-state index contributed by atoms with van der Waals surface area (Å²) in [6.07, 6.45) is 0.519. The molecule has 2 N–H and O–H groups in total. The average Bonchev–Trinajstić information content (AvgIpc) is 2.35. The number of hydrogen-bond acceptors (Lipinski definition) is 5. The normalized spacial score (nSPS) is 25.0. The fraction of sp³-hybridized carbons (Fsp3) is 0.867. The molecule has 1 heterocycles. The van der Waals surface area contributed by atoms with Gasteiger partial charge in [-0.1, -0.05) is 6.92 Å². The van der Waals surface area contributed by atoms with Crippen molar-refractivity contribution in [1.29, 1.82) is 5.26 Å². The van der Waals surface area contributed by atoms with Gasteiger partial charge in [0.1, 0.15) is 5.60 Å². The molecule has 3 atom stereocenters. The molecule has 6 heteroatoms. The summed E-state index contributed by atoms with van der Waals surface area (Å²) >= 11 is 0. The summed E-state index contributed by atoms with van der Waals surface area (Å²) in [4.78, 5) is 13.8. The Morgan fingerprint density at radius 1 is 1.52 bits per heavy atom. The molecular formula is C15H27N3O3. The Labute approximate surface area is 127 Å². The maximum Gasteiger partial charge on any atom is 0.407 e. The van der Waals surface area contributed by atoms with Crippen molar-refractivity contribution in [3.8, 4) is 6.07 Å². The summed E-state index contributed by atoms with van der Waals surface area (Å²) in [5.41, 5.74) is -0.534. The van der Waals surface area contributed by atoms with Gasteiger partial charge in [-0.15, -0.1) is 0 Å². The van der Waals surface area contributed by atoms with E-state index in [2.05, 4.69) is 11.4 Å². The van der Waals surface area contributed by atoms with E-state index in [1.54, 1.807) is 0 Å². The molecule has 0 aromatic rings. The highest BCUT2D eigenvalue weighted by atomic mass is 16.6. The predicted molar refractivity (Wildman–Crippen MR) is 79.6 cm³/mol. The maximum absolute atomic E-state index is 11.9. The smallest absolute Gasteiger partial charge is 0.407 e. The Bertz CT molecular complexity index is 387.